The standard InChI is InChI=1S/C25H25ClN6O3/c1-4-8-30(3)20-11-15(2)19(12-21(20)32(33)34)28-25-27-13-18(26)23(29-25)17-14-31-9-10-35-22-7-5-6-16(17)24(22)31/h5-7,11-14H,4,8-10H2,1-3H3,(H,27,28,29). The zero-order valence-electron chi connectivity index (χ0n) is 19.7. The van der Waals surface area contributed by atoms with Crippen LogP contribution in [0.5, 0.6) is 5.75 Å². The van der Waals surface area contributed by atoms with Gasteiger partial charge in [0.1, 0.15) is 18.0 Å². The molecule has 0 atom stereocenters. The Kier molecular flexibility index (Phi) is 5.94. The number of nitrogens with one attached hydrogen (secondary N) is 1. The lowest BCUT2D eigenvalue weighted by Crippen LogP contribution is -2.19. The first-order chi connectivity index (χ1) is 16.9. The van der Waals surface area contributed by atoms with Crippen LogP contribution in [0.1, 0.15) is 18.9 Å². The summed E-state index contributed by atoms with van der Waals surface area (Å²) in [6.07, 6.45) is 4.46. The van der Waals surface area contributed by atoms with Gasteiger partial charge >= 0.3 is 0 Å². The zero-order valence-corrected chi connectivity index (χ0v) is 20.5. The number of hydrogen-bond donors (Lipinski definition) is 1. The molecule has 0 fully saturated rings. The third kappa shape index (κ3) is 4.12. The summed E-state index contributed by atoms with van der Waals surface area (Å²) < 4.78 is 7.95. The summed E-state index contributed by atoms with van der Waals surface area (Å²) in [5.74, 6) is 1.14. The highest BCUT2D eigenvalue weighted by Gasteiger charge is 2.22. The molecule has 0 radical (unpaired) electrons. The van der Waals surface area contributed by atoms with Crippen LogP contribution in [0.3, 0.4) is 0 Å². The Labute approximate surface area is 207 Å². The van der Waals surface area contributed by atoms with E-state index in [0.29, 0.717) is 34.6 Å². The van der Waals surface area contributed by atoms with Gasteiger partial charge in [-0.25, -0.2) is 9.97 Å². The summed E-state index contributed by atoms with van der Waals surface area (Å²) in [6, 6.07) is 9.27. The van der Waals surface area contributed by atoms with E-state index in [1.54, 1.807) is 6.20 Å². The molecule has 0 aliphatic carbocycles. The van der Waals surface area contributed by atoms with Crippen molar-refractivity contribution in [2.45, 2.75) is 26.8 Å². The first-order valence-electron chi connectivity index (χ1n) is 11.4. The number of aromatic nitrogens is 3. The third-order valence-electron chi connectivity index (χ3n) is 6.19. The molecule has 0 unspecified atom stereocenters. The molecule has 2 aromatic heterocycles. The van der Waals surface area contributed by atoms with Gasteiger partial charge in [-0.05, 0) is 31.0 Å². The van der Waals surface area contributed by atoms with Gasteiger partial charge in [0.05, 0.1) is 39.6 Å². The summed E-state index contributed by atoms with van der Waals surface area (Å²) in [5.41, 5.74) is 4.48. The van der Waals surface area contributed by atoms with Gasteiger partial charge in [0, 0.05) is 36.8 Å². The van der Waals surface area contributed by atoms with E-state index in [9.17, 15) is 10.1 Å². The second-order valence-corrected chi connectivity index (χ2v) is 8.99. The Bertz CT molecular complexity index is 1450. The maximum Gasteiger partial charge on any atom is 0.294 e. The number of hydrogen-bond acceptors (Lipinski definition) is 7. The van der Waals surface area contributed by atoms with Gasteiger partial charge < -0.3 is 19.5 Å². The molecule has 4 aromatic rings. The van der Waals surface area contributed by atoms with Crippen LogP contribution >= 0.6 is 11.6 Å². The monoisotopic (exact) mass is 492 g/mol. The van der Waals surface area contributed by atoms with Crippen LogP contribution in [-0.4, -0.2) is 39.7 Å². The minimum atomic E-state index is -0.365. The highest BCUT2D eigenvalue weighted by Crippen LogP contribution is 2.39. The highest BCUT2D eigenvalue weighted by molar-refractivity contribution is 6.33. The van der Waals surface area contributed by atoms with E-state index >= 15 is 0 Å². The minimum Gasteiger partial charge on any atom is -0.490 e. The van der Waals surface area contributed by atoms with Crippen LogP contribution < -0.4 is 15.0 Å². The molecule has 10 heteroatoms. The lowest BCUT2D eigenvalue weighted by Gasteiger charge is -2.20. The number of halogens is 1. The van der Waals surface area contributed by atoms with E-state index in [2.05, 4.69) is 14.9 Å². The van der Waals surface area contributed by atoms with Crippen LogP contribution in [0.15, 0.2) is 42.7 Å². The summed E-state index contributed by atoms with van der Waals surface area (Å²) in [6.45, 7) is 6.00. The van der Waals surface area contributed by atoms with Gasteiger partial charge in [-0.3, -0.25) is 10.1 Å². The molecule has 1 aliphatic rings. The van der Waals surface area contributed by atoms with E-state index in [-0.39, 0.29) is 10.6 Å². The van der Waals surface area contributed by atoms with Gasteiger partial charge in [0.15, 0.2) is 0 Å². The third-order valence-corrected chi connectivity index (χ3v) is 6.46. The molecule has 180 valence electrons. The van der Waals surface area contributed by atoms with E-state index in [0.717, 1.165) is 47.3 Å². The Hall–Kier alpha value is -3.85. The molecular weight excluding hydrogens is 468 g/mol. The molecule has 0 amide bonds. The van der Waals surface area contributed by atoms with Crippen LogP contribution in [0, 0.1) is 17.0 Å². The molecular formula is C25H25ClN6O3. The molecule has 2 aromatic carbocycles. The van der Waals surface area contributed by atoms with Crippen molar-refractivity contribution in [2.75, 3.05) is 30.4 Å². The molecule has 9 nitrogen and oxygen atoms in total. The average molecular weight is 493 g/mol. The van der Waals surface area contributed by atoms with Crippen molar-refractivity contribution >= 4 is 45.5 Å². The fourth-order valence-electron chi connectivity index (χ4n) is 4.52. The number of anilines is 3. The second-order valence-electron chi connectivity index (χ2n) is 8.59. The quantitative estimate of drug-likeness (QED) is 0.251. The van der Waals surface area contributed by atoms with E-state index in [1.165, 1.54) is 6.07 Å². The molecule has 35 heavy (non-hydrogen) atoms. The van der Waals surface area contributed by atoms with Crippen molar-refractivity contribution in [2.24, 2.45) is 0 Å². The smallest absolute Gasteiger partial charge is 0.294 e. The van der Waals surface area contributed by atoms with Crippen LogP contribution in [-0.2, 0) is 6.54 Å². The van der Waals surface area contributed by atoms with Gasteiger partial charge in [0.2, 0.25) is 5.95 Å². The van der Waals surface area contributed by atoms with E-state index < -0.39 is 0 Å². The van der Waals surface area contributed by atoms with E-state index in [1.807, 2.05) is 56.3 Å². The summed E-state index contributed by atoms with van der Waals surface area (Å²) >= 11 is 6.54. The van der Waals surface area contributed by atoms with E-state index in [4.69, 9.17) is 21.3 Å². The number of nitrogens with zero attached hydrogens (tertiary/aromatic N) is 5. The molecule has 0 bridgehead atoms. The number of nitro groups is 1. The second kappa shape index (κ2) is 9.07. The molecule has 0 saturated heterocycles. The Morgan fingerprint density at radius 2 is 2.17 bits per heavy atom. The normalized spacial score (nSPS) is 12.5. The van der Waals surface area contributed by atoms with Gasteiger partial charge in [-0.1, -0.05) is 30.7 Å². The van der Waals surface area contributed by atoms with Crippen molar-refractivity contribution in [3.63, 3.8) is 0 Å². The van der Waals surface area contributed by atoms with Gasteiger partial charge in [-0.2, -0.15) is 0 Å². The summed E-state index contributed by atoms with van der Waals surface area (Å²) in [4.78, 5) is 22.4. The van der Waals surface area contributed by atoms with Crippen molar-refractivity contribution < 1.29 is 9.66 Å². The predicted octanol–water partition coefficient (Wildman–Crippen LogP) is 5.95. The molecule has 3 heterocycles. The number of rotatable bonds is 7. The number of nitro benzene ring substituents is 1. The van der Waals surface area contributed by atoms with Crippen LogP contribution in [0.4, 0.5) is 23.0 Å². The van der Waals surface area contributed by atoms with Crippen LogP contribution in [0.25, 0.3) is 22.2 Å². The first kappa shape index (κ1) is 22.9. The lowest BCUT2D eigenvalue weighted by molar-refractivity contribution is -0.384. The molecule has 1 aliphatic heterocycles. The van der Waals surface area contributed by atoms with Crippen molar-refractivity contribution in [1.82, 2.24) is 14.5 Å². The van der Waals surface area contributed by atoms with Crippen molar-refractivity contribution in [1.29, 1.82) is 0 Å². The Morgan fingerprint density at radius 1 is 1.34 bits per heavy atom. The number of ether oxygens (including phenoxy) is 1. The van der Waals surface area contributed by atoms with Gasteiger partial charge in [0.25, 0.3) is 5.69 Å². The topological polar surface area (TPSA) is 98.4 Å². The molecule has 0 saturated carbocycles. The molecule has 0 spiro atoms. The predicted molar refractivity (Wildman–Crippen MR) is 138 cm³/mol. The van der Waals surface area contributed by atoms with Crippen LogP contribution in [0.2, 0.25) is 5.02 Å². The fraction of sp³-hybridized carbons (Fsp3) is 0.280. The highest BCUT2D eigenvalue weighted by atomic mass is 35.5. The summed E-state index contributed by atoms with van der Waals surface area (Å²) in [5, 5.41) is 16.4. The number of aryl methyl sites for hydroxylation is 1. The molecule has 5 rings (SSSR count). The SMILES string of the molecule is CCCN(C)c1cc(C)c(Nc2ncc(Cl)c(-c3cn4c5c(cccc35)OCC4)n2)cc1[N+](=O)[O-]. The lowest BCUT2D eigenvalue weighted by atomic mass is 10.1. The Morgan fingerprint density at radius 3 is 2.94 bits per heavy atom. The van der Waals surface area contributed by atoms with Crippen molar-refractivity contribution in [3.05, 3.63) is 63.4 Å². The largest absolute Gasteiger partial charge is 0.490 e. The zero-order chi connectivity index (χ0) is 24.7. The molecule has 1 N–H and O–H groups in total. The van der Waals surface area contributed by atoms with Crippen molar-refractivity contribution in [3.8, 4) is 17.0 Å². The maximum absolute atomic E-state index is 11.8. The Balaban J connectivity index is 1.55. The summed E-state index contributed by atoms with van der Waals surface area (Å²) in [7, 11) is 1.86. The minimum absolute atomic E-state index is 0.0252. The van der Waals surface area contributed by atoms with Gasteiger partial charge in [-0.15, -0.1) is 0 Å². The number of benzene rings is 2. The fourth-order valence-corrected chi connectivity index (χ4v) is 4.71. The maximum atomic E-state index is 11.8. The average Bonchev–Trinajstić information content (AvgIpc) is 3.21. The number of para-hydroxylation sites is 1. The first-order valence-corrected chi connectivity index (χ1v) is 11.8.